The highest BCUT2D eigenvalue weighted by Gasteiger charge is 2.14. The molecule has 0 fully saturated rings. The van der Waals surface area contributed by atoms with Gasteiger partial charge in [0.25, 0.3) is 5.91 Å². The Hall–Kier alpha value is -2.41. The summed E-state index contributed by atoms with van der Waals surface area (Å²) in [6, 6.07) is 5.88. The summed E-state index contributed by atoms with van der Waals surface area (Å²) in [5.74, 6) is -1.06. The van der Waals surface area contributed by atoms with E-state index in [4.69, 9.17) is 9.84 Å². The number of aromatic nitrogens is 1. The lowest BCUT2D eigenvalue weighted by atomic mass is 10.2. The molecule has 0 saturated heterocycles. The Morgan fingerprint density at radius 3 is 2.71 bits per heavy atom. The Kier molecular flexibility index (Phi) is 4.54. The lowest BCUT2D eigenvalue weighted by Gasteiger charge is -2.10. The number of pyridine rings is 1. The minimum atomic E-state index is -1.04. The number of anilines is 1. The van der Waals surface area contributed by atoms with Gasteiger partial charge in [-0.3, -0.25) is 9.78 Å². The first-order valence-corrected chi connectivity index (χ1v) is 6.64. The van der Waals surface area contributed by atoms with Gasteiger partial charge in [0.15, 0.2) is 0 Å². The number of benzene rings is 1. The topological polar surface area (TPSA) is 88.5 Å². The highest BCUT2D eigenvalue weighted by molar-refractivity contribution is 9.10. The second-order valence-electron chi connectivity index (χ2n) is 4.03. The molecule has 2 N–H and O–H groups in total. The summed E-state index contributed by atoms with van der Waals surface area (Å²) in [5, 5.41) is 11.6. The number of methoxy groups -OCH3 is 1. The zero-order valence-electron chi connectivity index (χ0n) is 11.0. The highest BCUT2D eigenvalue weighted by Crippen LogP contribution is 2.25. The molecule has 6 nitrogen and oxygen atoms in total. The van der Waals surface area contributed by atoms with Crippen LogP contribution in [0.1, 0.15) is 20.7 Å². The largest absolute Gasteiger partial charge is 0.494 e. The Morgan fingerprint density at radius 2 is 2.10 bits per heavy atom. The molecule has 0 spiro atoms. The molecule has 0 aliphatic heterocycles. The number of carbonyl (C=O) groups excluding carboxylic acids is 1. The van der Waals surface area contributed by atoms with Gasteiger partial charge in [-0.25, -0.2) is 4.79 Å². The van der Waals surface area contributed by atoms with Crippen LogP contribution >= 0.6 is 15.9 Å². The van der Waals surface area contributed by atoms with Crippen molar-refractivity contribution in [1.29, 1.82) is 0 Å². The predicted octanol–water partition coefficient (Wildman–Crippen LogP) is 2.80. The van der Waals surface area contributed by atoms with Crippen molar-refractivity contribution >= 4 is 33.5 Å². The number of nitrogens with one attached hydrogen (secondary N) is 1. The average Bonchev–Trinajstić information content (AvgIpc) is 2.48. The summed E-state index contributed by atoms with van der Waals surface area (Å²) in [6.45, 7) is 0. The van der Waals surface area contributed by atoms with Crippen LogP contribution in [0.5, 0.6) is 5.75 Å². The maximum atomic E-state index is 12.2. The van der Waals surface area contributed by atoms with E-state index in [1.54, 1.807) is 0 Å². The molecule has 2 aromatic rings. The standard InChI is InChI=1S/C14H11BrN2O4/c1-21-12-7-16-5-4-9(12)13(18)17-11-3-2-8(14(19)20)6-10(11)15/h2-7H,1H3,(H,17,18)(H,19,20). The first-order valence-electron chi connectivity index (χ1n) is 5.85. The number of nitrogens with zero attached hydrogens (tertiary/aromatic N) is 1. The number of carbonyl (C=O) groups is 2. The number of hydrogen-bond donors (Lipinski definition) is 2. The van der Waals surface area contributed by atoms with Crippen molar-refractivity contribution in [2.75, 3.05) is 12.4 Å². The van der Waals surface area contributed by atoms with E-state index < -0.39 is 5.97 Å². The van der Waals surface area contributed by atoms with Crippen molar-refractivity contribution in [3.8, 4) is 5.75 Å². The van der Waals surface area contributed by atoms with Crippen molar-refractivity contribution < 1.29 is 19.4 Å². The van der Waals surface area contributed by atoms with Crippen LogP contribution in [-0.4, -0.2) is 29.1 Å². The molecule has 1 amide bonds. The third kappa shape index (κ3) is 3.38. The number of amides is 1. The lowest BCUT2D eigenvalue weighted by Crippen LogP contribution is -2.14. The summed E-state index contributed by atoms with van der Waals surface area (Å²) in [7, 11) is 1.45. The van der Waals surface area contributed by atoms with Gasteiger partial charge in [0.1, 0.15) is 5.75 Å². The number of carboxylic acid groups (broad SMARTS) is 1. The molecule has 2 rings (SSSR count). The third-order valence-corrected chi connectivity index (χ3v) is 3.37. The van der Waals surface area contributed by atoms with Gasteiger partial charge in [-0.15, -0.1) is 0 Å². The number of ether oxygens (including phenoxy) is 1. The third-order valence-electron chi connectivity index (χ3n) is 2.71. The molecule has 1 heterocycles. The summed E-state index contributed by atoms with van der Waals surface area (Å²) >= 11 is 3.23. The Labute approximate surface area is 128 Å². The fraction of sp³-hybridized carbons (Fsp3) is 0.0714. The van der Waals surface area contributed by atoms with Crippen LogP contribution in [0.15, 0.2) is 41.1 Å². The number of rotatable bonds is 4. The monoisotopic (exact) mass is 350 g/mol. The summed E-state index contributed by atoms with van der Waals surface area (Å²) in [5.41, 5.74) is 0.923. The lowest BCUT2D eigenvalue weighted by molar-refractivity contribution is 0.0696. The van der Waals surface area contributed by atoms with Gasteiger partial charge in [0, 0.05) is 10.7 Å². The van der Waals surface area contributed by atoms with E-state index in [1.165, 1.54) is 43.8 Å². The molecule has 0 aliphatic rings. The minimum Gasteiger partial charge on any atom is -0.494 e. The highest BCUT2D eigenvalue weighted by atomic mass is 79.9. The normalized spacial score (nSPS) is 10.0. The van der Waals surface area contributed by atoms with E-state index in [-0.39, 0.29) is 11.5 Å². The zero-order chi connectivity index (χ0) is 15.4. The van der Waals surface area contributed by atoms with Gasteiger partial charge in [-0.05, 0) is 40.2 Å². The molecular weight excluding hydrogens is 340 g/mol. The molecule has 0 atom stereocenters. The molecule has 1 aromatic heterocycles. The Morgan fingerprint density at radius 1 is 1.33 bits per heavy atom. The molecule has 21 heavy (non-hydrogen) atoms. The zero-order valence-corrected chi connectivity index (χ0v) is 12.5. The molecule has 0 saturated carbocycles. The SMILES string of the molecule is COc1cnccc1C(=O)Nc1ccc(C(=O)O)cc1Br. The molecule has 0 bridgehead atoms. The fourth-order valence-corrected chi connectivity index (χ4v) is 2.15. The predicted molar refractivity (Wildman–Crippen MR) is 79.8 cm³/mol. The first kappa shape index (κ1) is 15.0. The first-order chi connectivity index (χ1) is 10.0. The van der Waals surface area contributed by atoms with Crippen molar-refractivity contribution in [2.24, 2.45) is 0 Å². The molecule has 1 aromatic carbocycles. The van der Waals surface area contributed by atoms with Gasteiger partial charge in [-0.1, -0.05) is 0 Å². The summed E-state index contributed by atoms with van der Waals surface area (Å²) < 4.78 is 5.55. The van der Waals surface area contributed by atoms with E-state index >= 15 is 0 Å². The molecule has 108 valence electrons. The molecule has 0 unspecified atom stereocenters. The van der Waals surface area contributed by atoms with Crippen LogP contribution in [0.3, 0.4) is 0 Å². The van der Waals surface area contributed by atoms with E-state index in [0.717, 1.165) is 0 Å². The van der Waals surface area contributed by atoms with Crippen LogP contribution < -0.4 is 10.1 Å². The van der Waals surface area contributed by atoms with E-state index in [9.17, 15) is 9.59 Å². The van der Waals surface area contributed by atoms with Crippen molar-refractivity contribution in [3.05, 3.63) is 52.3 Å². The quantitative estimate of drug-likeness (QED) is 0.884. The van der Waals surface area contributed by atoms with E-state index in [2.05, 4.69) is 26.2 Å². The number of carboxylic acids is 1. The fourth-order valence-electron chi connectivity index (χ4n) is 1.67. The van der Waals surface area contributed by atoms with Crippen LogP contribution in [-0.2, 0) is 0 Å². The van der Waals surface area contributed by atoms with Gasteiger partial charge in [0.05, 0.1) is 30.1 Å². The summed E-state index contributed by atoms with van der Waals surface area (Å²) in [4.78, 5) is 26.9. The maximum Gasteiger partial charge on any atom is 0.335 e. The molecular formula is C14H11BrN2O4. The van der Waals surface area contributed by atoms with Crippen LogP contribution in [0.4, 0.5) is 5.69 Å². The van der Waals surface area contributed by atoms with Crippen molar-refractivity contribution in [3.63, 3.8) is 0 Å². The number of aromatic carboxylic acids is 1. The minimum absolute atomic E-state index is 0.126. The number of halogens is 1. The molecule has 0 radical (unpaired) electrons. The summed E-state index contributed by atoms with van der Waals surface area (Å²) in [6.07, 6.45) is 2.93. The maximum absolute atomic E-state index is 12.2. The smallest absolute Gasteiger partial charge is 0.335 e. The van der Waals surface area contributed by atoms with Crippen molar-refractivity contribution in [2.45, 2.75) is 0 Å². The van der Waals surface area contributed by atoms with Crippen LogP contribution in [0, 0.1) is 0 Å². The van der Waals surface area contributed by atoms with Gasteiger partial charge in [-0.2, -0.15) is 0 Å². The van der Waals surface area contributed by atoms with Crippen LogP contribution in [0.25, 0.3) is 0 Å². The van der Waals surface area contributed by atoms with Crippen LogP contribution in [0.2, 0.25) is 0 Å². The second kappa shape index (κ2) is 6.36. The molecule has 0 aliphatic carbocycles. The van der Waals surface area contributed by atoms with E-state index in [1.807, 2.05) is 0 Å². The van der Waals surface area contributed by atoms with Gasteiger partial charge in [0.2, 0.25) is 0 Å². The average molecular weight is 351 g/mol. The van der Waals surface area contributed by atoms with E-state index in [0.29, 0.717) is 21.5 Å². The van der Waals surface area contributed by atoms with Gasteiger partial charge < -0.3 is 15.2 Å². The number of hydrogen-bond acceptors (Lipinski definition) is 4. The Balaban J connectivity index is 2.26. The molecule has 7 heteroatoms. The Bertz CT molecular complexity index is 703. The second-order valence-corrected chi connectivity index (χ2v) is 4.88. The van der Waals surface area contributed by atoms with Crippen molar-refractivity contribution in [1.82, 2.24) is 4.98 Å². The van der Waals surface area contributed by atoms with Gasteiger partial charge >= 0.3 is 5.97 Å².